The van der Waals surface area contributed by atoms with Gasteiger partial charge in [-0.05, 0) is 6.92 Å². The molecule has 0 fully saturated rings. The second-order valence-corrected chi connectivity index (χ2v) is 6.09. The molecular weight excluding hydrogens is 302 g/mol. The standard InChI is InChI=1S/C11H17N3O6S/c1-9(15)14(21(17,18)19)7-11(2,10(16)20-4)13-6-5-12(3)8-13/h5-6,8H,7H2,1-4H3/p+1/t11-/m0/s1. The lowest BCUT2D eigenvalue weighted by Crippen LogP contribution is -2.52. The summed E-state index contributed by atoms with van der Waals surface area (Å²) < 4.78 is 39.6. The summed E-state index contributed by atoms with van der Waals surface area (Å²) in [7, 11) is -1.93. The van der Waals surface area contributed by atoms with Crippen LogP contribution in [-0.2, 0) is 37.2 Å². The van der Waals surface area contributed by atoms with Crippen molar-refractivity contribution >= 4 is 22.2 Å². The van der Waals surface area contributed by atoms with Gasteiger partial charge in [-0.2, -0.15) is 8.42 Å². The van der Waals surface area contributed by atoms with Crippen LogP contribution in [0.15, 0.2) is 18.7 Å². The third-order valence-electron chi connectivity index (χ3n) is 3.05. The average molecular weight is 320 g/mol. The number of methoxy groups -OCH3 is 1. The number of aromatic nitrogens is 2. The van der Waals surface area contributed by atoms with Crippen LogP contribution in [0.4, 0.5) is 0 Å². The van der Waals surface area contributed by atoms with E-state index in [0.29, 0.717) is 0 Å². The van der Waals surface area contributed by atoms with Gasteiger partial charge in [-0.25, -0.2) is 18.2 Å². The molecular formula is C11H18N3O6S+. The number of amides is 1. The molecule has 1 aromatic heterocycles. The molecule has 1 rings (SSSR count). The lowest BCUT2D eigenvalue weighted by atomic mass is 10.0. The number of carbonyl (C=O) groups is 2. The molecule has 21 heavy (non-hydrogen) atoms. The van der Waals surface area contributed by atoms with Gasteiger partial charge in [0.15, 0.2) is 0 Å². The molecule has 0 aliphatic rings. The van der Waals surface area contributed by atoms with E-state index in [1.807, 2.05) is 0 Å². The van der Waals surface area contributed by atoms with Crippen molar-refractivity contribution in [2.45, 2.75) is 19.4 Å². The quantitative estimate of drug-likeness (QED) is 0.417. The number of esters is 1. The number of imidazole rings is 1. The summed E-state index contributed by atoms with van der Waals surface area (Å²) >= 11 is 0. The molecule has 0 radical (unpaired) electrons. The van der Waals surface area contributed by atoms with Crippen LogP contribution in [0.1, 0.15) is 13.8 Å². The zero-order valence-corrected chi connectivity index (χ0v) is 13.0. The van der Waals surface area contributed by atoms with E-state index in [-0.39, 0.29) is 4.31 Å². The van der Waals surface area contributed by atoms with Crippen molar-refractivity contribution in [3.63, 3.8) is 0 Å². The third kappa shape index (κ3) is 3.58. The molecule has 1 heterocycles. The van der Waals surface area contributed by atoms with Gasteiger partial charge in [-0.15, -0.1) is 0 Å². The fourth-order valence-electron chi connectivity index (χ4n) is 1.85. The van der Waals surface area contributed by atoms with Crippen LogP contribution in [0, 0.1) is 0 Å². The van der Waals surface area contributed by atoms with E-state index < -0.39 is 34.3 Å². The van der Waals surface area contributed by atoms with Crippen molar-refractivity contribution in [3.8, 4) is 0 Å². The second kappa shape index (κ2) is 5.82. The van der Waals surface area contributed by atoms with Crippen molar-refractivity contribution in [1.82, 2.24) is 8.87 Å². The average Bonchev–Trinajstić information content (AvgIpc) is 2.80. The SMILES string of the molecule is COC(=O)[C@](C)(CN(C(C)=O)S(=O)(=O)O)n1cc[n+](C)c1. The van der Waals surface area contributed by atoms with Gasteiger partial charge in [-0.3, -0.25) is 9.35 Å². The Bertz CT molecular complexity index is 653. The molecule has 1 N–H and O–H groups in total. The van der Waals surface area contributed by atoms with E-state index in [4.69, 9.17) is 4.55 Å². The Morgan fingerprint density at radius 1 is 1.48 bits per heavy atom. The maximum atomic E-state index is 12.1. The molecule has 0 spiro atoms. The Morgan fingerprint density at radius 2 is 2.05 bits per heavy atom. The molecule has 10 heteroatoms. The van der Waals surface area contributed by atoms with E-state index in [1.54, 1.807) is 17.8 Å². The first kappa shape index (κ1) is 17.1. The number of hydrogen-bond donors (Lipinski definition) is 1. The lowest BCUT2D eigenvalue weighted by Gasteiger charge is -2.28. The Kier molecular flexibility index (Phi) is 4.74. The highest BCUT2D eigenvalue weighted by Gasteiger charge is 2.46. The first-order valence-corrected chi connectivity index (χ1v) is 7.30. The summed E-state index contributed by atoms with van der Waals surface area (Å²) in [4.78, 5) is 23.5. The van der Waals surface area contributed by atoms with Crippen molar-refractivity contribution in [2.75, 3.05) is 13.7 Å². The minimum Gasteiger partial charge on any atom is -0.466 e. The summed E-state index contributed by atoms with van der Waals surface area (Å²) in [5, 5.41) is 0. The van der Waals surface area contributed by atoms with Crippen LogP contribution in [0.3, 0.4) is 0 Å². The third-order valence-corrected chi connectivity index (χ3v) is 3.99. The highest BCUT2D eigenvalue weighted by Crippen LogP contribution is 2.20. The minimum absolute atomic E-state index is 0.212. The van der Waals surface area contributed by atoms with Gasteiger partial charge in [0.05, 0.1) is 20.7 Å². The first-order valence-electron chi connectivity index (χ1n) is 5.90. The van der Waals surface area contributed by atoms with Gasteiger partial charge in [0.2, 0.25) is 17.8 Å². The highest BCUT2D eigenvalue weighted by molar-refractivity contribution is 7.84. The molecule has 1 atom stereocenters. The van der Waals surface area contributed by atoms with Gasteiger partial charge >= 0.3 is 16.3 Å². The summed E-state index contributed by atoms with van der Waals surface area (Å²) in [5.41, 5.74) is -1.52. The van der Waals surface area contributed by atoms with Crippen LogP contribution in [0.2, 0.25) is 0 Å². The maximum Gasteiger partial charge on any atom is 0.362 e. The van der Waals surface area contributed by atoms with Gasteiger partial charge in [0.1, 0.15) is 12.4 Å². The van der Waals surface area contributed by atoms with Gasteiger partial charge in [0.25, 0.3) is 0 Å². The molecule has 0 aliphatic carbocycles. The Morgan fingerprint density at radius 3 is 2.38 bits per heavy atom. The molecule has 118 valence electrons. The van der Waals surface area contributed by atoms with Crippen LogP contribution >= 0.6 is 0 Å². The van der Waals surface area contributed by atoms with E-state index in [0.717, 1.165) is 14.0 Å². The van der Waals surface area contributed by atoms with Crippen molar-refractivity contribution in [1.29, 1.82) is 0 Å². The Labute approximate surface area is 122 Å². The zero-order valence-electron chi connectivity index (χ0n) is 12.2. The number of nitrogens with zero attached hydrogens (tertiary/aromatic N) is 3. The van der Waals surface area contributed by atoms with Crippen molar-refractivity contribution in [2.24, 2.45) is 7.05 Å². The molecule has 0 saturated heterocycles. The number of ether oxygens (including phenoxy) is 1. The largest absolute Gasteiger partial charge is 0.466 e. The van der Waals surface area contributed by atoms with Gasteiger partial charge in [-0.1, -0.05) is 0 Å². The lowest BCUT2D eigenvalue weighted by molar-refractivity contribution is -0.671. The fraction of sp³-hybridized carbons (Fsp3) is 0.545. The normalized spacial score (nSPS) is 14.3. The molecule has 0 unspecified atom stereocenters. The van der Waals surface area contributed by atoms with E-state index >= 15 is 0 Å². The molecule has 0 saturated carbocycles. The first-order chi connectivity index (χ1) is 9.52. The highest BCUT2D eigenvalue weighted by atomic mass is 32.2. The van der Waals surface area contributed by atoms with E-state index in [1.165, 1.54) is 24.0 Å². The second-order valence-electron chi connectivity index (χ2n) is 4.76. The maximum absolute atomic E-state index is 12.1. The molecule has 1 aromatic rings. The Balaban J connectivity index is 3.33. The van der Waals surface area contributed by atoms with Crippen LogP contribution in [0.25, 0.3) is 0 Å². The number of carbonyl (C=O) groups excluding carboxylic acids is 2. The monoisotopic (exact) mass is 320 g/mol. The Hall–Kier alpha value is -1.94. The summed E-state index contributed by atoms with van der Waals surface area (Å²) in [6, 6.07) is 0. The zero-order chi connectivity index (χ0) is 16.4. The molecule has 0 aliphatic heterocycles. The summed E-state index contributed by atoms with van der Waals surface area (Å²) in [6.45, 7) is 1.78. The van der Waals surface area contributed by atoms with Crippen molar-refractivity contribution < 1.29 is 31.9 Å². The van der Waals surface area contributed by atoms with Gasteiger partial charge in [0, 0.05) is 6.92 Å². The predicted molar refractivity (Wildman–Crippen MR) is 70.2 cm³/mol. The minimum atomic E-state index is -4.78. The van der Waals surface area contributed by atoms with E-state index in [9.17, 15) is 18.0 Å². The molecule has 9 nitrogen and oxygen atoms in total. The molecule has 1 amide bonds. The molecule has 0 bridgehead atoms. The van der Waals surface area contributed by atoms with Crippen LogP contribution < -0.4 is 4.57 Å². The van der Waals surface area contributed by atoms with Crippen LogP contribution in [0.5, 0.6) is 0 Å². The van der Waals surface area contributed by atoms with Crippen LogP contribution in [-0.4, -0.2) is 47.4 Å². The van der Waals surface area contributed by atoms with E-state index in [2.05, 4.69) is 4.74 Å². The smallest absolute Gasteiger partial charge is 0.362 e. The summed E-state index contributed by atoms with van der Waals surface area (Å²) in [6.07, 6.45) is 4.69. The predicted octanol–water partition coefficient (Wildman–Crippen LogP) is -1.15. The number of rotatable bonds is 5. The van der Waals surface area contributed by atoms with Gasteiger partial charge < -0.3 is 4.74 Å². The van der Waals surface area contributed by atoms with Crippen molar-refractivity contribution in [3.05, 3.63) is 18.7 Å². The topological polar surface area (TPSA) is 110 Å². The number of hydrogen-bond acceptors (Lipinski definition) is 5. The molecule has 0 aromatic carbocycles. The fourth-order valence-corrected chi connectivity index (χ4v) is 2.59. The summed E-state index contributed by atoms with van der Waals surface area (Å²) in [5.74, 6) is -1.67. The number of aryl methyl sites for hydroxylation is 1.